The Morgan fingerprint density at radius 3 is 2.93 bits per heavy atom. The molecule has 2 aromatic heterocycles. The molecule has 0 radical (unpaired) electrons. The summed E-state index contributed by atoms with van der Waals surface area (Å²) in [6.07, 6.45) is 3.71. The number of aromatic nitrogens is 3. The summed E-state index contributed by atoms with van der Waals surface area (Å²) in [5.74, 6) is 0. The van der Waals surface area contributed by atoms with Crippen LogP contribution in [0.5, 0.6) is 0 Å². The fourth-order valence-corrected chi connectivity index (χ4v) is 2.52. The molecule has 0 fully saturated rings. The Morgan fingerprint density at radius 2 is 2.29 bits per heavy atom. The summed E-state index contributed by atoms with van der Waals surface area (Å²) in [6, 6.07) is 0. The van der Waals surface area contributed by atoms with Crippen molar-refractivity contribution in [2.45, 2.75) is 11.9 Å². The normalized spacial score (nSPS) is 11.1. The molecule has 2 heterocycles. The minimum Gasteiger partial charge on any atom is -0.215 e. The van der Waals surface area contributed by atoms with Gasteiger partial charge in [0.15, 0.2) is 5.65 Å². The van der Waals surface area contributed by atoms with Gasteiger partial charge in [-0.2, -0.15) is 5.10 Å². The van der Waals surface area contributed by atoms with E-state index in [4.69, 9.17) is 11.6 Å². The molecule has 0 saturated carbocycles. The summed E-state index contributed by atoms with van der Waals surface area (Å²) in [5.41, 5.74) is 1.72. The average molecular weight is 293 g/mol. The number of thioether (sulfide) groups is 1. The van der Waals surface area contributed by atoms with Crippen LogP contribution in [-0.4, -0.2) is 20.9 Å². The summed E-state index contributed by atoms with van der Waals surface area (Å²) in [5, 5.41) is 5.77. The molecule has 14 heavy (non-hydrogen) atoms. The number of hydrogen-bond acceptors (Lipinski definition) is 3. The van der Waals surface area contributed by atoms with Crippen molar-refractivity contribution >= 4 is 44.9 Å². The maximum atomic E-state index is 6.01. The van der Waals surface area contributed by atoms with Gasteiger partial charge in [-0.15, -0.1) is 11.8 Å². The lowest BCUT2D eigenvalue weighted by Gasteiger charge is -2.06. The van der Waals surface area contributed by atoms with Crippen molar-refractivity contribution in [3.05, 3.63) is 21.4 Å². The van der Waals surface area contributed by atoms with Crippen molar-refractivity contribution in [2.24, 2.45) is 0 Å². The summed E-state index contributed by atoms with van der Waals surface area (Å²) in [4.78, 5) is 4.25. The van der Waals surface area contributed by atoms with E-state index >= 15 is 0 Å². The summed E-state index contributed by atoms with van der Waals surface area (Å²) >= 11 is 11.0. The Bertz CT molecular complexity index is 497. The van der Waals surface area contributed by atoms with Gasteiger partial charge in [-0.1, -0.05) is 11.6 Å². The van der Waals surface area contributed by atoms with Gasteiger partial charge in [-0.05, 0) is 29.1 Å². The van der Waals surface area contributed by atoms with Gasteiger partial charge in [-0.25, -0.2) is 9.50 Å². The Kier molecular flexibility index (Phi) is 2.72. The molecule has 0 aliphatic carbocycles. The lowest BCUT2D eigenvalue weighted by molar-refractivity contribution is 0.827. The molecule has 0 aliphatic rings. The van der Waals surface area contributed by atoms with Crippen LogP contribution in [0.3, 0.4) is 0 Å². The fraction of sp³-hybridized carbons (Fsp3) is 0.250. The zero-order valence-corrected chi connectivity index (χ0v) is 10.7. The molecular weight excluding hydrogens is 286 g/mol. The third kappa shape index (κ3) is 1.43. The molecule has 0 aromatic carbocycles. The quantitative estimate of drug-likeness (QED) is 0.597. The van der Waals surface area contributed by atoms with Crippen LogP contribution in [0.25, 0.3) is 5.65 Å². The minimum atomic E-state index is 0.531. The van der Waals surface area contributed by atoms with E-state index in [0.717, 1.165) is 20.7 Å². The van der Waals surface area contributed by atoms with Gasteiger partial charge in [0.05, 0.1) is 10.7 Å². The molecule has 2 aromatic rings. The second kappa shape index (κ2) is 3.72. The highest BCUT2D eigenvalue weighted by Gasteiger charge is 2.12. The monoisotopic (exact) mass is 291 g/mol. The number of rotatable bonds is 1. The predicted molar refractivity (Wildman–Crippen MR) is 62.2 cm³/mol. The highest BCUT2D eigenvalue weighted by molar-refractivity contribution is 9.10. The van der Waals surface area contributed by atoms with Crippen LogP contribution in [-0.2, 0) is 0 Å². The van der Waals surface area contributed by atoms with Crippen LogP contribution >= 0.6 is 39.3 Å². The first-order valence-corrected chi connectivity index (χ1v) is 6.28. The number of nitrogens with zero attached hydrogens (tertiary/aromatic N) is 3. The van der Waals surface area contributed by atoms with Gasteiger partial charge in [0.2, 0.25) is 0 Å². The van der Waals surface area contributed by atoms with Gasteiger partial charge in [-0.3, -0.25) is 0 Å². The van der Waals surface area contributed by atoms with Crippen LogP contribution in [0.2, 0.25) is 5.15 Å². The predicted octanol–water partition coefficient (Wildman–Crippen LogP) is 3.18. The third-order valence-corrected chi connectivity index (χ3v) is 3.71. The van der Waals surface area contributed by atoms with Gasteiger partial charge in [0.1, 0.15) is 10.2 Å². The van der Waals surface area contributed by atoms with Gasteiger partial charge in [0.25, 0.3) is 0 Å². The van der Waals surface area contributed by atoms with E-state index in [2.05, 4.69) is 26.0 Å². The van der Waals surface area contributed by atoms with Gasteiger partial charge >= 0.3 is 0 Å². The van der Waals surface area contributed by atoms with Crippen molar-refractivity contribution in [1.82, 2.24) is 14.6 Å². The van der Waals surface area contributed by atoms with E-state index in [-0.39, 0.29) is 0 Å². The molecule has 2 rings (SSSR count). The van der Waals surface area contributed by atoms with E-state index in [9.17, 15) is 0 Å². The first kappa shape index (κ1) is 10.3. The van der Waals surface area contributed by atoms with Crippen LogP contribution in [0, 0.1) is 6.92 Å². The van der Waals surface area contributed by atoms with E-state index in [1.54, 1.807) is 22.5 Å². The lowest BCUT2D eigenvalue weighted by Crippen LogP contribution is -1.98. The SMILES string of the molecule is CSc1c(C)c(Cl)nc2c(Br)cnn12. The number of halogens is 2. The van der Waals surface area contributed by atoms with Crippen LogP contribution in [0.4, 0.5) is 0 Å². The van der Waals surface area contributed by atoms with E-state index < -0.39 is 0 Å². The zero-order chi connectivity index (χ0) is 10.3. The zero-order valence-electron chi connectivity index (χ0n) is 7.58. The first-order valence-electron chi connectivity index (χ1n) is 3.88. The van der Waals surface area contributed by atoms with Crippen molar-refractivity contribution in [3.63, 3.8) is 0 Å². The van der Waals surface area contributed by atoms with E-state index in [1.165, 1.54) is 0 Å². The van der Waals surface area contributed by atoms with E-state index in [0.29, 0.717) is 5.15 Å². The number of hydrogen-bond donors (Lipinski definition) is 0. The van der Waals surface area contributed by atoms with Crippen LogP contribution in [0.15, 0.2) is 15.7 Å². The Balaban J connectivity index is 2.90. The molecule has 0 aliphatic heterocycles. The maximum absolute atomic E-state index is 6.01. The second-order valence-corrected chi connectivity index (χ2v) is 4.77. The molecule has 0 saturated heterocycles. The van der Waals surface area contributed by atoms with E-state index in [1.807, 2.05) is 13.2 Å². The largest absolute Gasteiger partial charge is 0.215 e. The average Bonchev–Trinajstić information content (AvgIpc) is 2.51. The van der Waals surface area contributed by atoms with Gasteiger partial charge in [0, 0.05) is 5.56 Å². The van der Waals surface area contributed by atoms with Gasteiger partial charge < -0.3 is 0 Å². The highest BCUT2D eigenvalue weighted by Crippen LogP contribution is 2.28. The lowest BCUT2D eigenvalue weighted by atomic mass is 10.4. The Hall–Kier alpha value is -0.260. The van der Waals surface area contributed by atoms with Crippen LogP contribution < -0.4 is 0 Å². The molecule has 0 amide bonds. The van der Waals surface area contributed by atoms with Crippen molar-refractivity contribution in [1.29, 1.82) is 0 Å². The summed E-state index contributed by atoms with van der Waals surface area (Å²) in [6.45, 7) is 1.94. The molecular formula is C8H7BrClN3S. The Morgan fingerprint density at radius 1 is 1.57 bits per heavy atom. The summed E-state index contributed by atoms with van der Waals surface area (Å²) < 4.78 is 2.64. The second-order valence-electron chi connectivity index (χ2n) is 2.76. The maximum Gasteiger partial charge on any atom is 0.172 e. The molecule has 0 N–H and O–H groups in total. The molecule has 0 bridgehead atoms. The Labute approximate surface area is 99.0 Å². The standard InChI is InChI=1S/C8H7BrClN3S/c1-4-6(10)12-7-5(9)3-11-13(7)8(4)14-2/h3H,1-2H3. The topological polar surface area (TPSA) is 30.2 Å². The molecule has 0 atom stereocenters. The minimum absolute atomic E-state index is 0.531. The van der Waals surface area contributed by atoms with Crippen molar-refractivity contribution < 1.29 is 0 Å². The number of fused-ring (bicyclic) bond motifs is 1. The summed E-state index contributed by atoms with van der Waals surface area (Å²) in [7, 11) is 0. The van der Waals surface area contributed by atoms with Crippen molar-refractivity contribution in [3.8, 4) is 0 Å². The van der Waals surface area contributed by atoms with Crippen LogP contribution in [0.1, 0.15) is 5.56 Å². The highest BCUT2D eigenvalue weighted by atomic mass is 79.9. The fourth-order valence-electron chi connectivity index (χ4n) is 1.23. The molecule has 0 unspecified atom stereocenters. The molecule has 74 valence electrons. The first-order chi connectivity index (χ1) is 6.65. The van der Waals surface area contributed by atoms with Crippen molar-refractivity contribution in [2.75, 3.05) is 6.26 Å². The molecule has 0 spiro atoms. The molecule has 6 heteroatoms. The smallest absolute Gasteiger partial charge is 0.172 e. The third-order valence-electron chi connectivity index (χ3n) is 1.92. The molecule has 3 nitrogen and oxygen atoms in total.